The highest BCUT2D eigenvalue weighted by Crippen LogP contribution is 2.41. The second-order valence-electron chi connectivity index (χ2n) is 9.71. The van der Waals surface area contributed by atoms with E-state index in [0.29, 0.717) is 12.5 Å². The first-order valence-corrected chi connectivity index (χ1v) is 12.4. The molecule has 1 aromatic heterocycles. The van der Waals surface area contributed by atoms with Gasteiger partial charge in [0, 0.05) is 25.7 Å². The van der Waals surface area contributed by atoms with Crippen LogP contribution in [0.1, 0.15) is 41.9 Å². The quantitative estimate of drug-likeness (QED) is 0.740. The number of nitrogens with zero attached hydrogens (tertiary/aromatic N) is 4. The molecule has 1 atom stereocenters. The number of fused-ring (bicyclic) bond motifs is 2. The number of likely N-dealkylation sites (tertiary alicyclic amines) is 1. The Morgan fingerprint density at radius 1 is 1.03 bits per heavy atom. The Morgan fingerprint density at radius 2 is 1.88 bits per heavy atom. The van der Waals surface area contributed by atoms with Crippen molar-refractivity contribution in [1.82, 2.24) is 20.2 Å². The summed E-state index contributed by atoms with van der Waals surface area (Å²) in [6, 6.07) is 5.36. The van der Waals surface area contributed by atoms with Gasteiger partial charge in [0.15, 0.2) is 0 Å². The van der Waals surface area contributed by atoms with E-state index in [1.54, 1.807) is 6.33 Å². The van der Waals surface area contributed by atoms with E-state index >= 15 is 0 Å². The molecular weight excluding hydrogens is 416 g/mol. The second kappa shape index (κ2) is 9.08. The number of rotatable bonds is 3. The molecule has 0 spiro atoms. The molecule has 2 aromatic rings. The summed E-state index contributed by atoms with van der Waals surface area (Å²) < 4.78 is 11.9. The molecule has 0 saturated carbocycles. The normalized spacial score (nSPS) is 23.9. The lowest BCUT2D eigenvalue weighted by Gasteiger charge is -2.36. The second-order valence-corrected chi connectivity index (χ2v) is 9.71. The molecule has 3 fully saturated rings. The van der Waals surface area contributed by atoms with Crippen LogP contribution in [0.3, 0.4) is 0 Å². The third-order valence-corrected chi connectivity index (χ3v) is 7.70. The Morgan fingerprint density at radius 3 is 2.67 bits per heavy atom. The number of nitrogens with one attached hydrogen (secondary N) is 2. The molecule has 8 heteroatoms. The van der Waals surface area contributed by atoms with Crippen molar-refractivity contribution in [2.45, 2.75) is 44.8 Å². The lowest BCUT2D eigenvalue weighted by molar-refractivity contribution is 0.122. The summed E-state index contributed by atoms with van der Waals surface area (Å²) in [6.45, 7) is 10.5. The van der Waals surface area contributed by atoms with E-state index in [-0.39, 0.29) is 0 Å². The standard InChI is InChI=1S/C25H34N6O2/c1-17-12-19(18-3-6-30(7-4-18)20-2-5-26-14-20)13-22-23(17)33-15-21-24(29-22)27-16-28-25(21)31-8-10-32-11-9-31/h12-13,16,18,20,26H,2-11,14-15H2,1H3,(H,27,28,29). The fourth-order valence-corrected chi connectivity index (χ4v) is 5.83. The number of benzene rings is 1. The van der Waals surface area contributed by atoms with Gasteiger partial charge in [-0.15, -0.1) is 0 Å². The molecule has 5 heterocycles. The van der Waals surface area contributed by atoms with Gasteiger partial charge in [-0.2, -0.15) is 0 Å². The predicted molar refractivity (Wildman–Crippen MR) is 129 cm³/mol. The third-order valence-electron chi connectivity index (χ3n) is 7.70. The minimum Gasteiger partial charge on any atom is -0.486 e. The molecule has 176 valence electrons. The lowest BCUT2D eigenvalue weighted by Crippen LogP contribution is -2.42. The van der Waals surface area contributed by atoms with Crippen LogP contribution in [0, 0.1) is 6.92 Å². The summed E-state index contributed by atoms with van der Waals surface area (Å²) in [7, 11) is 0. The number of ether oxygens (including phenoxy) is 2. The first-order chi connectivity index (χ1) is 16.3. The predicted octanol–water partition coefficient (Wildman–Crippen LogP) is 2.80. The number of anilines is 3. The van der Waals surface area contributed by atoms with Crippen LogP contribution in [0.5, 0.6) is 5.75 Å². The maximum Gasteiger partial charge on any atom is 0.146 e. The van der Waals surface area contributed by atoms with Crippen molar-refractivity contribution in [3.63, 3.8) is 0 Å². The molecule has 0 aliphatic carbocycles. The molecule has 6 rings (SSSR count). The zero-order valence-electron chi connectivity index (χ0n) is 19.5. The molecule has 33 heavy (non-hydrogen) atoms. The SMILES string of the molecule is Cc1cc(C2CCN(C3CCNC3)CC2)cc2c1OCc1c(ncnc1N1CCOCC1)N2. The molecular formula is C25H34N6O2. The van der Waals surface area contributed by atoms with Crippen molar-refractivity contribution in [1.29, 1.82) is 0 Å². The fourth-order valence-electron chi connectivity index (χ4n) is 5.83. The molecule has 4 aliphatic heterocycles. The van der Waals surface area contributed by atoms with Gasteiger partial charge in [0.2, 0.25) is 0 Å². The molecule has 0 radical (unpaired) electrons. The monoisotopic (exact) mass is 450 g/mol. The minimum atomic E-state index is 0.469. The fraction of sp³-hybridized carbons (Fsp3) is 0.600. The average molecular weight is 451 g/mol. The zero-order chi connectivity index (χ0) is 22.2. The van der Waals surface area contributed by atoms with E-state index in [2.05, 4.69) is 49.5 Å². The molecule has 1 aromatic carbocycles. The number of morpholine rings is 1. The van der Waals surface area contributed by atoms with Gasteiger partial charge in [0.1, 0.15) is 30.3 Å². The number of aromatic nitrogens is 2. The van der Waals surface area contributed by atoms with Crippen LogP contribution >= 0.6 is 0 Å². The highest BCUT2D eigenvalue weighted by atomic mass is 16.5. The molecule has 2 N–H and O–H groups in total. The highest BCUT2D eigenvalue weighted by Gasteiger charge is 2.29. The van der Waals surface area contributed by atoms with Crippen molar-refractivity contribution in [3.8, 4) is 5.75 Å². The molecule has 3 saturated heterocycles. The first kappa shape index (κ1) is 21.1. The smallest absolute Gasteiger partial charge is 0.146 e. The minimum absolute atomic E-state index is 0.469. The van der Waals surface area contributed by atoms with Crippen molar-refractivity contribution < 1.29 is 9.47 Å². The van der Waals surface area contributed by atoms with Crippen LogP contribution in [-0.2, 0) is 11.3 Å². The Hall–Kier alpha value is -2.42. The van der Waals surface area contributed by atoms with Gasteiger partial charge in [-0.25, -0.2) is 9.97 Å². The van der Waals surface area contributed by atoms with Gasteiger partial charge in [-0.1, -0.05) is 6.07 Å². The number of hydrogen-bond donors (Lipinski definition) is 2. The van der Waals surface area contributed by atoms with E-state index in [9.17, 15) is 0 Å². The zero-order valence-corrected chi connectivity index (χ0v) is 19.5. The Bertz CT molecular complexity index is 995. The van der Waals surface area contributed by atoms with E-state index in [4.69, 9.17) is 9.47 Å². The van der Waals surface area contributed by atoms with Gasteiger partial charge in [-0.05, 0) is 68.9 Å². The average Bonchev–Trinajstić information content (AvgIpc) is 3.32. The van der Waals surface area contributed by atoms with Crippen molar-refractivity contribution in [3.05, 3.63) is 35.2 Å². The molecule has 4 aliphatic rings. The van der Waals surface area contributed by atoms with Crippen LogP contribution in [0.4, 0.5) is 17.3 Å². The molecule has 1 unspecified atom stereocenters. The van der Waals surface area contributed by atoms with Crippen molar-refractivity contribution in [2.24, 2.45) is 0 Å². The van der Waals surface area contributed by atoms with Crippen LogP contribution < -0.4 is 20.3 Å². The summed E-state index contributed by atoms with van der Waals surface area (Å²) in [5.41, 5.74) is 4.65. The van der Waals surface area contributed by atoms with Gasteiger partial charge in [0.25, 0.3) is 0 Å². The summed E-state index contributed by atoms with van der Waals surface area (Å²) in [5, 5.41) is 7.11. The Kier molecular flexibility index (Phi) is 5.82. The van der Waals surface area contributed by atoms with Crippen LogP contribution in [0.25, 0.3) is 0 Å². The molecule has 8 nitrogen and oxygen atoms in total. The van der Waals surface area contributed by atoms with Gasteiger partial charge < -0.3 is 25.0 Å². The summed E-state index contributed by atoms with van der Waals surface area (Å²) in [4.78, 5) is 14.2. The molecule has 0 bridgehead atoms. The van der Waals surface area contributed by atoms with Crippen LogP contribution in [-0.4, -0.2) is 73.4 Å². The topological polar surface area (TPSA) is 74.8 Å². The number of piperidine rings is 1. The maximum absolute atomic E-state index is 6.35. The van der Waals surface area contributed by atoms with Crippen LogP contribution in [0.15, 0.2) is 18.5 Å². The van der Waals surface area contributed by atoms with E-state index in [0.717, 1.165) is 67.5 Å². The lowest BCUT2D eigenvalue weighted by atomic mass is 9.87. The summed E-state index contributed by atoms with van der Waals surface area (Å²) >= 11 is 0. The highest BCUT2D eigenvalue weighted by molar-refractivity contribution is 5.73. The van der Waals surface area contributed by atoms with E-state index in [1.165, 1.54) is 50.0 Å². The van der Waals surface area contributed by atoms with Gasteiger partial charge in [-0.3, -0.25) is 4.90 Å². The molecule has 0 amide bonds. The number of hydrogen-bond acceptors (Lipinski definition) is 8. The van der Waals surface area contributed by atoms with E-state index < -0.39 is 0 Å². The van der Waals surface area contributed by atoms with Gasteiger partial charge in [0.05, 0.1) is 24.5 Å². The number of aryl methyl sites for hydroxylation is 1. The Labute approximate surface area is 195 Å². The maximum atomic E-state index is 6.35. The van der Waals surface area contributed by atoms with Crippen molar-refractivity contribution >= 4 is 17.3 Å². The van der Waals surface area contributed by atoms with Crippen molar-refractivity contribution in [2.75, 3.05) is 62.7 Å². The van der Waals surface area contributed by atoms with E-state index in [1.807, 2.05) is 0 Å². The van der Waals surface area contributed by atoms with Gasteiger partial charge >= 0.3 is 0 Å². The summed E-state index contributed by atoms with van der Waals surface area (Å²) in [5.74, 6) is 3.33. The summed E-state index contributed by atoms with van der Waals surface area (Å²) in [6.07, 6.45) is 5.38. The largest absolute Gasteiger partial charge is 0.486 e. The first-order valence-electron chi connectivity index (χ1n) is 12.4. The Balaban J connectivity index is 1.23. The third kappa shape index (κ3) is 4.16. The van der Waals surface area contributed by atoms with Crippen LogP contribution in [0.2, 0.25) is 0 Å².